The van der Waals surface area contributed by atoms with Crippen LogP contribution in [0.15, 0.2) is 66.9 Å². The van der Waals surface area contributed by atoms with E-state index in [1.807, 2.05) is 67.8 Å². The van der Waals surface area contributed by atoms with Crippen molar-refractivity contribution in [3.05, 3.63) is 88.7 Å². The molecule has 0 unspecified atom stereocenters. The SMILES string of the molecule is C[C@H]1CCCN1c1nnc2ccc(O[C@@H]3CC[C@H](NC(=O)Nc4cc(C(C)(C)C)nn4-c4ccc(Cl)c(OCCOS(C)(=O)=O)c4)c4ccccc43)cn12. The molecule has 286 valence electrons. The topological polar surface area (TPSA) is 154 Å². The van der Waals surface area contributed by atoms with E-state index in [1.165, 1.54) is 0 Å². The third-order valence-electron chi connectivity index (χ3n) is 9.70. The van der Waals surface area contributed by atoms with E-state index in [0.717, 1.165) is 59.8 Å². The fourth-order valence-electron chi connectivity index (χ4n) is 6.96. The molecule has 3 aromatic heterocycles. The van der Waals surface area contributed by atoms with Crippen LogP contribution in [0.25, 0.3) is 11.3 Å². The van der Waals surface area contributed by atoms with E-state index in [4.69, 9.17) is 30.4 Å². The van der Waals surface area contributed by atoms with Crippen molar-refractivity contribution in [2.24, 2.45) is 0 Å². The first-order valence-corrected chi connectivity index (χ1v) is 20.2. The molecule has 0 saturated carbocycles. The van der Waals surface area contributed by atoms with E-state index in [9.17, 15) is 13.2 Å². The second-order valence-corrected chi connectivity index (χ2v) is 16.9. The molecule has 1 saturated heterocycles. The Morgan fingerprint density at radius 2 is 1.80 bits per heavy atom. The van der Waals surface area contributed by atoms with Gasteiger partial charge in [0.2, 0.25) is 5.95 Å². The van der Waals surface area contributed by atoms with Gasteiger partial charge in [-0.15, -0.1) is 10.2 Å². The summed E-state index contributed by atoms with van der Waals surface area (Å²) in [6.07, 6.45) is 6.34. The molecule has 0 bridgehead atoms. The largest absolute Gasteiger partial charge is 0.489 e. The van der Waals surface area contributed by atoms with Gasteiger partial charge in [-0.2, -0.15) is 13.5 Å². The van der Waals surface area contributed by atoms with Crippen LogP contribution >= 0.6 is 11.6 Å². The Labute approximate surface area is 319 Å². The Morgan fingerprint density at radius 3 is 2.54 bits per heavy atom. The minimum Gasteiger partial charge on any atom is -0.489 e. The van der Waals surface area contributed by atoms with Gasteiger partial charge in [-0.3, -0.25) is 13.9 Å². The molecule has 2 amide bonds. The fourth-order valence-corrected chi connectivity index (χ4v) is 7.50. The van der Waals surface area contributed by atoms with Crippen molar-refractivity contribution in [3.63, 3.8) is 0 Å². The highest BCUT2D eigenvalue weighted by Crippen LogP contribution is 2.39. The van der Waals surface area contributed by atoms with E-state index < -0.39 is 10.1 Å². The lowest BCUT2D eigenvalue weighted by atomic mass is 9.85. The van der Waals surface area contributed by atoms with Gasteiger partial charge in [-0.05, 0) is 68.0 Å². The number of amides is 2. The van der Waals surface area contributed by atoms with Crippen LogP contribution in [-0.4, -0.2) is 70.9 Å². The first-order valence-electron chi connectivity index (χ1n) is 18.1. The Kier molecular flexibility index (Phi) is 10.5. The Balaban J connectivity index is 1.07. The van der Waals surface area contributed by atoms with Crippen LogP contribution in [0.5, 0.6) is 11.5 Å². The second-order valence-electron chi connectivity index (χ2n) is 14.8. The predicted molar refractivity (Wildman–Crippen MR) is 207 cm³/mol. The van der Waals surface area contributed by atoms with E-state index >= 15 is 0 Å². The fraction of sp³-hybridized carbons (Fsp3) is 0.421. The molecule has 2 aliphatic rings. The van der Waals surface area contributed by atoms with E-state index in [-0.39, 0.29) is 36.8 Å². The third kappa shape index (κ3) is 8.27. The maximum Gasteiger partial charge on any atom is 0.320 e. The number of halogens is 1. The number of anilines is 2. The number of nitrogens with one attached hydrogen (secondary N) is 2. The molecule has 1 aliphatic heterocycles. The third-order valence-corrected chi connectivity index (χ3v) is 10.6. The number of hydrogen-bond acceptors (Lipinski definition) is 10. The number of aromatic nitrogens is 5. The van der Waals surface area contributed by atoms with Crippen molar-refractivity contribution in [2.45, 2.75) is 77.0 Å². The molecule has 16 heteroatoms. The van der Waals surface area contributed by atoms with Crippen LogP contribution < -0.4 is 25.0 Å². The second kappa shape index (κ2) is 15.1. The highest BCUT2D eigenvalue weighted by Gasteiger charge is 2.31. The molecule has 4 heterocycles. The van der Waals surface area contributed by atoms with Crippen LogP contribution in [0, 0.1) is 0 Å². The lowest BCUT2D eigenvalue weighted by Crippen LogP contribution is -2.36. The van der Waals surface area contributed by atoms with Crippen molar-refractivity contribution in [1.29, 1.82) is 0 Å². The molecule has 7 rings (SSSR count). The standard InChI is InChI=1S/C38H45ClN8O6S/c1-24-9-8-18-45(24)37-43-42-34-17-13-26(23-46(34)37)53-31-16-15-30(27-10-6-7-11-28(27)31)40-36(48)41-35-22-33(38(2,3)4)44-47(35)25-12-14-29(39)32(21-25)51-19-20-52-54(5,49)50/h6-7,10-14,17,21-24,30-31H,8-9,15-16,18-20H2,1-5H3,(H2,40,41,48)/t24-,30-,31+/m0/s1. The van der Waals surface area contributed by atoms with Crippen molar-refractivity contribution in [1.82, 2.24) is 29.7 Å². The van der Waals surface area contributed by atoms with Crippen LogP contribution in [0.2, 0.25) is 5.02 Å². The number of carbonyl (C=O) groups is 1. The smallest absolute Gasteiger partial charge is 0.320 e. The number of urea groups is 1. The van der Waals surface area contributed by atoms with Gasteiger partial charge in [-0.1, -0.05) is 56.6 Å². The van der Waals surface area contributed by atoms with Gasteiger partial charge in [0, 0.05) is 30.1 Å². The van der Waals surface area contributed by atoms with Crippen LogP contribution in [0.4, 0.5) is 16.6 Å². The first kappa shape index (κ1) is 37.5. The van der Waals surface area contributed by atoms with Crippen molar-refractivity contribution >= 4 is 45.2 Å². The van der Waals surface area contributed by atoms with Gasteiger partial charge in [-0.25, -0.2) is 9.48 Å². The van der Waals surface area contributed by atoms with E-state index in [1.54, 1.807) is 22.9 Å². The van der Waals surface area contributed by atoms with Crippen molar-refractivity contribution in [3.8, 4) is 17.2 Å². The Hall–Kier alpha value is -4.86. The normalized spacial score (nSPS) is 18.8. The Bertz CT molecular complexity index is 2270. The van der Waals surface area contributed by atoms with Gasteiger partial charge in [0.1, 0.15) is 36.6 Å². The number of nitrogens with zero attached hydrogens (tertiary/aromatic N) is 6. The lowest BCUT2D eigenvalue weighted by molar-refractivity contribution is 0.171. The molecule has 0 spiro atoms. The number of carbonyl (C=O) groups excluding carboxylic acids is 1. The molecular formula is C38H45ClN8O6S. The van der Waals surface area contributed by atoms with Gasteiger partial charge in [0.05, 0.1) is 34.9 Å². The van der Waals surface area contributed by atoms with E-state index in [0.29, 0.717) is 41.2 Å². The molecule has 54 heavy (non-hydrogen) atoms. The van der Waals surface area contributed by atoms with Crippen LogP contribution in [0.1, 0.15) is 82.3 Å². The molecule has 2 aromatic carbocycles. The highest BCUT2D eigenvalue weighted by atomic mass is 35.5. The first-order chi connectivity index (χ1) is 25.7. The molecule has 5 aromatic rings. The maximum absolute atomic E-state index is 13.7. The maximum atomic E-state index is 13.7. The predicted octanol–water partition coefficient (Wildman–Crippen LogP) is 6.99. The summed E-state index contributed by atoms with van der Waals surface area (Å²) in [5, 5.41) is 20.2. The molecule has 1 aliphatic carbocycles. The summed E-state index contributed by atoms with van der Waals surface area (Å²) in [6, 6.07) is 18.6. The minimum absolute atomic E-state index is 0.0405. The summed E-state index contributed by atoms with van der Waals surface area (Å²) in [5.74, 6) is 2.31. The molecular weight excluding hydrogens is 732 g/mol. The molecule has 2 N–H and O–H groups in total. The highest BCUT2D eigenvalue weighted by molar-refractivity contribution is 7.85. The van der Waals surface area contributed by atoms with Gasteiger partial charge in [0.15, 0.2) is 5.65 Å². The molecule has 1 fully saturated rings. The van der Waals surface area contributed by atoms with Gasteiger partial charge >= 0.3 is 6.03 Å². The zero-order valence-corrected chi connectivity index (χ0v) is 32.5. The number of pyridine rings is 1. The number of benzene rings is 2. The lowest BCUT2D eigenvalue weighted by Gasteiger charge is -2.32. The van der Waals surface area contributed by atoms with Crippen molar-refractivity contribution < 1.29 is 26.9 Å². The summed E-state index contributed by atoms with van der Waals surface area (Å²) in [5.41, 5.74) is 3.79. The summed E-state index contributed by atoms with van der Waals surface area (Å²) in [6.45, 7) is 9.07. The number of ether oxygens (including phenoxy) is 2. The molecule has 14 nitrogen and oxygen atoms in total. The number of fused-ring (bicyclic) bond motifs is 2. The summed E-state index contributed by atoms with van der Waals surface area (Å²) in [4.78, 5) is 16.0. The van der Waals surface area contributed by atoms with Crippen LogP contribution in [-0.2, 0) is 19.7 Å². The number of rotatable bonds is 11. The summed E-state index contributed by atoms with van der Waals surface area (Å²) >= 11 is 6.40. The quantitative estimate of drug-likeness (QED) is 0.106. The van der Waals surface area contributed by atoms with Gasteiger partial charge in [0.25, 0.3) is 10.1 Å². The van der Waals surface area contributed by atoms with Crippen LogP contribution in [0.3, 0.4) is 0 Å². The molecule has 3 atom stereocenters. The zero-order chi connectivity index (χ0) is 38.2. The average Bonchev–Trinajstić information content (AvgIpc) is 3.86. The monoisotopic (exact) mass is 776 g/mol. The Morgan fingerprint density at radius 1 is 1.00 bits per heavy atom. The minimum atomic E-state index is -3.61. The van der Waals surface area contributed by atoms with Crippen molar-refractivity contribution in [2.75, 3.05) is 36.2 Å². The summed E-state index contributed by atoms with van der Waals surface area (Å²) in [7, 11) is -3.61. The average molecular weight is 777 g/mol. The zero-order valence-electron chi connectivity index (χ0n) is 31.0. The van der Waals surface area contributed by atoms with E-state index in [2.05, 4.69) is 38.7 Å². The molecule has 0 radical (unpaired) electrons. The summed E-state index contributed by atoms with van der Waals surface area (Å²) < 4.78 is 43.4. The number of hydrogen-bond donors (Lipinski definition) is 2. The van der Waals surface area contributed by atoms with Gasteiger partial charge < -0.3 is 19.7 Å².